The van der Waals surface area contributed by atoms with Gasteiger partial charge in [-0.1, -0.05) is 6.07 Å². The van der Waals surface area contributed by atoms with Crippen molar-refractivity contribution in [3.63, 3.8) is 0 Å². The molecule has 1 amide bonds. The number of hydrogen-bond acceptors (Lipinski definition) is 4. The zero-order valence-corrected chi connectivity index (χ0v) is 13.9. The zero-order valence-electron chi connectivity index (χ0n) is 13.9. The molecule has 4 rings (SSSR count). The van der Waals surface area contributed by atoms with Gasteiger partial charge in [0, 0.05) is 44.1 Å². The van der Waals surface area contributed by atoms with E-state index in [-0.39, 0.29) is 12.0 Å². The Morgan fingerprint density at radius 2 is 2.08 bits per heavy atom. The average molecular weight is 336 g/mol. The number of ether oxygens (including phenoxy) is 1. The van der Waals surface area contributed by atoms with Crippen LogP contribution in [0.3, 0.4) is 0 Å². The molecule has 0 aliphatic carbocycles. The van der Waals surface area contributed by atoms with E-state index < -0.39 is 0 Å². The van der Waals surface area contributed by atoms with Gasteiger partial charge in [0.25, 0.3) is 5.91 Å². The lowest BCUT2D eigenvalue weighted by Crippen LogP contribution is -2.40. The predicted molar refractivity (Wildman–Crippen MR) is 93.1 cm³/mol. The second-order valence-corrected chi connectivity index (χ2v) is 6.27. The van der Waals surface area contributed by atoms with Crippen molar-refractivity contribution >= 4 is 11.6 Å². The molecule has 0 atom stereocenters. The van der Waals surface area contributed by atoms with Crippen LogP contribution in [0.2, 0.25) is 0 Å². The molecule has 0 spiro atoms. The highest BCUT2D eigenvalue weighted by Gasteiger charge is 2.24. The molecule has 0 saturated carbocycles. The fraction of sp³-hybridized carbons (Fsp3) is 0.316. The number of aromatic nitrogens is 3. The van der Waals surface area contributed by atoms with Crippen LogP contribution >= 0.6 is 0 Å². The van der Waals surface area contributed by atoms with Crippen LogP contribution in [0.4, 0.5) is 0 Å². The lowest BCUT2D eigenvalue weighted by molar-refractivity contribution is -0.000478. The maximum atomic E-state index is 12.7. The van der Waals surface area contributed by atoms with Crippen molar-refractivity contribution < 1.29 is 9.53 Å². The van der Waals surface area contributed by atoms with Crippen molar-refractivity contribution in [1.29, 1.82) is 0 Å². The molecule has 1 fully saturated rings. The number of likely N-dealkylation sites (tertiary alicyclic amines) is 1. The summed E-state index contributed by atoms with van der Waals surface area (Å²) >= 11 is 0. The van der Waals surface area contributed by atoms with E-state index in [1.54, 1.807) is 12.4 Å². The van der Waals surface area contributed by atoms with E-state index in [1.807, 2.05) is 52.2 Å². The number of hydrogen-bond donors (Lipinski definition) is 0. The Labute approximate surface area is 146 Å². The molecule has 25 heavy (non-hydrogen) atoms. The van der Waals surface area contributed by atoms with E-state index in [0.29, 0.717) is 12.2 Å². The van der Waals surface area contributed by atoms with E-state index in [1.165, 1.54) is 0 Å². The summed E-state index contributed by atoms with van der Waals surface area (Å²) in [5, 5.41) is 0. The second kappa shape index (κ2) is 7.03. The predicted octanol–water partition coefficient (Wildman–Crippen LogP) is 2.55. The Bertz CT molecular complexity index is 854. The Morgan fingerprint density at radius 1 is 1.20 bits per heavy atom. The van der Waals surface area contributed by atoms with Gasteiger partial charge in [-0.15, -0.1) is 0 Å². The average Bonchev–Trinajstić information content (AvgIpc) is 3.15. The molecule has 0 bridgehead atoms. The summed E-state index contributed by atoms with van der Waals surface area (Å²) in [6, 6.07) is 7.64. The maximum absolute atomic E-state index is 12.7. The first-order valence-electron chi connectivity index (χ1n) is 8.52. The first kappa shape index (κ1) is 15.8. The number of carbonyl (C=O) groups excluding carboxylic acids is 1. The van der Waals surface area contributed by atoms with Gasteiger partial charge in [0.2, 0.25) is 0 Å². The molecular formula is C19H20N4O2. The van der Waals surface area contributed by atoms with Crippen LogP contribution in [0.15, 0.2) is 55.2 Å². The molecule has 0 N–H and O–H groups in total. The van der Waals surface area contributed by atoms with Gasteiger partial charge in [-0.25, -0.2) is 4.98 Å². The molecule has 6 nitrogen and oxygen atoms in total. The van der Waals surface area contributed by atoms with Crippen LogP contribution in [-0.2, 0) is 11.3 Å². The molecule has 0 unspecified atom stereocenters. The van der Waals surface area contributed by atoms with Crippen LogP contribution in [0.25, 0.3) is 5.65 Å². The largest absolute Gasteiger partial charge is 0.373 e. The van der Waals surface area contributed by atoms with Gasteiger partial charge in [0.15, 0.2) is 0 Å². The van der Waals surface area contributed by atoms with Crippen molar-refractivity contribution in [3.05, 3.63) is 66.4 Å². The van der Waals surface area contributed by atoms with Crippen molar-refractivity contribution in [2.45, 2.75) is 25.6 Å². The smallest absolute Gasteiger partial charge is 0.255 e. The summed E-state index contributed by atoms with van der Waals surface area (Å²) < 4.78 is 7.83. The minimum absolute atomic E-state index is 0.0707. The Balaban J connectivity index is 1.32. The zero-order chi connectivity index (χ0) is 17.1. The molecule has 1 aliphatic rings. The minimum Gasteiger partial charge on any atom is -0.373 e. The third kappa shape index (κ3) is 3.53. The molecule has 3 aromatic rings. The molecule has 4 heterocycles. The van der Waals surface area contributed by atoms with E-state index in [2.05, 4.69) is 9.97 Å². The Hall–Kier alpha value is -2.73. The maximum Gasteiger partial charge on any atom is 0.255 e. The van der Waals surface area contributed by atoms with Crippen LogP contribution in [0.1, 0.15) is 28.8 Å². The molecule has 3 aromatic heterocycles. The molecule has 128 valence electrons. The van der Waals surface area contributed by atoms with Crippen LogP contribution in [0, 0.1) is 0 Å². The molecule has 1 aliphatic heterocycles. The minimum atomic E-state index is 0.0707. The third-order valence-electron chi connectivity index (χ3n) is 4.57. The van der Waals surface area contributed by atoms with Gasteiger partial charge in [0.1, 0.15) is 5.65 Å². The summed E-state index contributed by atoms with van der Waals surface area (Å²) in [5.41, 5.74) is 2.62. The molecule has 6 heteroatoms. The van der Waals surface area contributed by atoms with Crippen molar-refractivity contribution in [1.82, 2.24) is 19.3 Å². The summed E-state index contributed by atoms with van der Waals surface area (Å²) in [7, 11) is 0. The number of fused-ring (bicyclic) bond motifs is 1. The highest BCUT2D eigenvalue weighted by molar-refractivity contribution is 5.94. The number of nitrogens with zero attached hydrogens (tertiary/aromatic N) is 4. The number of imidazole rings is 1. The number of amides is 1. The van der Waals surface area contributed by atoms with E-state index in [4.69, 9.17) is 4.74 Å². The number of pyridine rings is 2. The summed E-state index contributed by atoms with van der Waals surface area (Å²) in [6.07, 6.45) is 10.9. The fourth-order valence-corrected chi connectivity index (χ4v) is 3.15. The summed E-state index contributed by atoms with van der Waals surface area (Å²) in [5.74, 6) is 0.0707. The van der Waals surface area contributed by atoms with Gasteiger partial charge < -0.3 is 14.0 Å². The van der Waals surface area contributed by atoms with Gasteiger partial charge in [-0.2, -0.15) is 0 Å². The molecular weight excluding hydrogens is 316 g/mol. The van der Waals surface area contributed by atoms with Gasteiger partial charge in [0.05, 0.1) is 18.3 Å². The van der Waals surface area contributed by atoms with Crippen molar-refractivity contribution in [3.8, 4) is 0 Å². The van der Waals surface area contributed by atoms with E-state index in [9.17, 15) is 4.79 Å². The molecule has 1 saturated heterocycles. The first-order valence-corrected chi connectivity index (χ1v) is 8.52. The first-order chi connectivity index (χ1) is 12.3. The monoisotopic (exact) mass is 336 g/mol. The number of rotatable bonds is 4. The molecule has 0 radical (unpaired) electrons. The number of carbonyl (C=O) groups is 1. The van der Waals surface area contributed by atoms with Crippen LogP contribution in [-0.4, -0.2) is 44.4 Å². The summed E-state index contributed by atoms with van der Waals surface area (Å²) in [6.45, 7) is 2.01. The second-order valence-electron chi connectivity index (χ2n) is 6.27. The Morgan fingerprint density at radius 3 is 2.88 bits per heavy atom. The summed E-state index contributed by atoms with van der Waals surface area (Å²) in [4.78, 5) is 22.9. The standard InChI is InChI=1S/C19H20N4O2/c24-19(16-3-4-18-21-8-11-23(18)13-16)22-9-5-17(6-10-22)25-14-15-2-1-7-20-12-15/h1-4,7-8,11-13,17H,5-6,9-10,14H2. The highest BCUT2D eigenvalue weighted by Crippen LogP contribution is 2.18. The van der Waals surface area contributed by atoms with Gasteiger partial charge in [-0.3, -0.25) is 9.78 Å². The number of piperidine rings is 1. The van der Waals surface area contributed by atoms with E-state index >= 15 is 0 Å². The Kier molecular flexibility index (Phi) is 4.43. The van der Waals surface area contributed by atoms with Crippen LogP contribution < -0.4 is 0 Å². The van der Waals surface area contributed by atoms with Crippen molar-refractivity contribution in [2.75, 3.05) is 13.1 Å². The van der Waals surface area contributed by atoms with Gasteiger partial charge in [-0.05, 0) is 36.6 Å². The third-order valence-corrected chi connectivity index (χ3v) is 4.57. The van der Waals surface area contributed by atoms with Crippen LogP contribution in [0.5, 0.6) is 0 Å². The SMILES string of the molecule is O=C(c1ccc2nccn2c1)N1CCC(OCc2cccnc2)CC1. The van der Waals surface area contributed by atoms with Crippen molar-refractivity contribution in [2.24, 2.45) is 0 Å². The topological polar surface area (TPSA) is 59.7 Å². The normalized spacial score (nSPS) is 15.6. The molecule has 0 aromatic carbocycles. The highest BCUT2D eigenvalue weighted by atomic mass is 16.5. The fourth-order valence-electron chi connectivity index (χ4n) is 3.15. The quantitative estimate of drug-likeness (QED) is 0.735. The lowest BCUT2D eigenvalue weighted by atomic mass is 10.1. The van der Waals surface area contributed by atoms with E-state index in [0.717, 1.165) is 37.1 Å². The lowest BCUT2D eigenvalue weighted by Gasteiger charge is -2.32. The van der Waals surface area contributed by atoms with Gasteiger partial charge >= 0.3 is 0 Å².